The fourth-order valence-electron chi connectivity index (χ4n) is 2.54. The van der Waals surface area contributed by atoms with E-state index in [1.807, 2.05) is 31.2 Å². The second-order valence-corrected chi connectivity index (χ2v) is 5.20. The van der Waals surface area contributed by atoms with Crippen LogP contribution in [-0.2, 0) is 4.79 Å². The fourth-order valence-corrected chi connectivity index (χ4v) is 2.54. The van der Waals surface area contributed by atoms with Gasteiger partial charge in [0.25, 0.3) is 5.91 Å². The molecule has 0 heterocycles. The van der Waals surface area contributed by atoms with Crippen molar-refractivity contribution in [1.29, 1.82) is 0 Å². The van der Waals surface area contributed by atoms with E-state index >= 15 is 0 Å². The lowest BCUT2D eigenvalue weighted by atomic mass is 10.0. The molecule has 104 valence electrons. The van der Waals surface area contributed by atoms with Gasteiger partial charge in [-0.15, -0.1) is 0 Å². The van der Waals surface area contributed by atoms with Crippen molar-refractivity contribution >= 4 is 5.91 Å². The van der Waals surface area contributed by atoms with Crippen molar-refractivity contribution in [1.82, 2.24) is 5.32 Å². The lowest BCUT2D eigenvalue weighted by molar-refractivity contribution is -0.124. The molecular formula is C15H22N2O2. The van der Waals surface area contributed by atoms with Crippen molar-refractivity contribution < 1.29 is 9.53 Å². The van der Waals surface area contributed by atoms with Crippen molar-refractivity contribution in [2.45, 2.75) is 32.2 Å². The third-order valence-electron chi connectivity index (χ3n) is 3.70. The van der Waals surface area contributed by atoms with Crippen LogP contribution >= 0.6 is 0 Å². The number of aryl methyl sites for hydroxylation is 1. The zero-order chi connectivity index (χ0) is 13.7. The lowest BCUT2D eigenvalue weighted by Gasteiger charge is -2.19. The number of amides is 1. The second-order valence-electron chi connectivity index (χ2n) is 5.20. The zero-order valence-corrected chi connectivity index (χ0v) is 11.4. The molecule has 1 saturated carbocycles. The van der Waals surface area contributed by atoms with Crippen molar-refractivity contribution in [2.24, 2.45) is 11.7 Å². The maximum atomic E-state index is 11.8. The molecule has 1 fully saturated rings. The SMILES string of the molecule is Cc1ccc(OCC(=O)NC2CCCC2CN)cc1. The highest BCUT2D eigenvalue weighted by Gasteiger charge is 2.27. The first-order chi connectivity index (χ1) is 9.19. The summed E-state index contributed by atoms with van der Waals surface area (Å²) in [6.07, 6.45) is 3.28. The standard InChI is InChI=1S/C15H22N2O2/c1-11-5-7-13(8-6-11)19-10-15(18)17-14-4-2-3-12(14)9-16/h5-8,12,14H,2-4,9-10,16H2,1H3,(H,17,18). The maximum Gasteiger partial charge on any atom is 0.258 e. The van der Waals surface area contributed by atoms with Crippen LogP contribution in [0.25, 0.3) is 0 Å². The predicted octanol–water partition coefficient (Wildman–Crippen LogP) is 1.62. The average Bonchev–Trinajstić information content (AvgIpc) is 2.85. The van der Waals surface area contributed by atoms with E-state index in [1.165, 1.54) is 5.56 Å². The zero-order valence-electron chi connectivity index (χ0n) is 11.4. The minimum atomic E-state index is -0.0640. The monoisotopic (exact) mass is 262 g/mol. The van der Waals surface area contributed by atoms with Crippen molar-refractivity contribution in [2.75, 3.05) is 13.2 Å². The molecule has 1 aromatic carbocycles. The Morgan fingerprint density at radius 2 is 2.11 bits per heavy atom. The van der Waals surface area contributed by atoms with Crippen LogP contribution in [0.1, 0.15) is 24.8 Å². The molecule has 0 spiro atoms. The van der Waals surface area contributed by atoms with Crippen molar-refractivity contribution in [3.63, 3.8) is 0 Å². The van der Waals surface area contributed by atoms with Gasteiger partial charge in [-0.3, -0.25) is 4.79 Å². The smallest absolute Gasteiger partial charge is 0.258 e. The molecule has 1 aromatic rings. The summed E-state index contributed by atoms with van der Waals surface area (Å²) in [5.41, 5.74) is 6.87. The number of rotatable bonds is 5. The largest absolute Gasteiger partial charge is 0.484 e. The van der Waals surface area contributed by atoms with E-state index in [2.05, 4.69) is 5.32 Å². The fraction of sp³-hybridized carbons (Fsp3) is 0.533. The van der Waals surface area contributed by atoms with E-state index in [4.69, 9.17) is 10.5 Å². The van der Waals surface area contributed by atoms with Gasteiger partial charge >= 0.3 is 0 Å². The number of carbonyl (C=O) groups is 1. The normalized spacial score (nSPS) is 22.2. The summed E-state index contributed by atoms with van der Waals surface area (Å²) < 4.78 is 5.46. The van der Waals surface area contributed by atoms with Crippen LogP contribution in [0.3, 0.4) is 0 Å². The predicted molar refractivity (Wildman–Crippen MR) is 75.0 cm³/mol. The first-order valence-electron chi connectivity index (χ1n) is 6.88. The molecule has 2 rings (SSSR count). The van der Waals surface area contributed by atoms with Gasteiger partial charge in [0.15, 0.2) is 6.61 Å². The van der Waals surface area contributed by atoms with E-state index in [0.717, 1.165) is 25.0 Å². The van der Waals surface area contributed by atoms with Gasteiger partial charge in [0.2, 0.25) is 0 Å². The topological polar surface area (TPSA) is 64.3 Å². The van der Waals surface area contributed by atoms with Crippen LogP contribution < -0.4 is 15.8 Å². The highest BCUT2D eigenvalue weighted by atomic mass is 16.5. The van der Waals surface area contributed by atoms with E-state index in [1.54, 1.807) is 0 Å². The summed E-state index contributed by atoms with van der Waals surface area (Å²) in [6, 6.07) is 7.91. The van der Waals surface area contributed by atoms with Gasteiger partial charge in [-0.05, 0) is 44.4 Å². The van der Waals surface area contributed by atoms with Crippen LogP contribution in [0.15, 0.2) is 24.3 Å². The van der Waals surface area contributed by atoms with Gasteiger partial charge in [0.1, 0.15) is 5.75 Å². The number of benzene rings is 1. The Morgan fingerprint density at radius 3 is 2.79 bits per heavy atom. The highest BCUT2D eigenvalue weighted by molar-refractivity contribution is 5.77. The van der Waals surface area contributed by atoms with Crippen LogP contribution in [0, 0.1) is 12.8 Å². The molecular weight excluding hydrogens is 240 g/mol. The molecule has 4 nitrogen and oxygen atoms in total. The number of hydrogen-bond acceptors (Lipinski definition) is 3. The Morgan fingerprint density at radius 1 is 1.37 bits per heavy atom. The number of carbonyl (C=O) groups excluding carboxylic acids is 1. The molecule has 19 heavy (non-hydrogen) atoms. The summed E-state index contributed by atoms with van der Waals surface area (Å²) in [5.74, 6) is 1.08. The second kappa shape index (κ2) is 6.57. The van der Waals surface area contributed by atoms with Gasteiger partial charge < -0.3 is 15.8 Å². The Balaban J connectivity index is 1.77. The summed E-state index contributed by atoms with van der Waals surface area (Å²) in [7, 11) is 0. The number of hydrogen-bond donors (Lipinski definition) is 2. The molecule has 2 unspecified atom stereocenters. The van der Waals surface area contributed by atoms with Crippen molar-refractivity contribution in [3.8, 4) is 5.75 Å². The molecule has 2 atom stereocenters. The molecule has 1 amide bonds. The molecule has 0 radical (unpaired) electrons. The molecule has 0 bridgehead atoms. The lowest BCUT2D eigenvalue weighted by Crippen LogP contribution is -2.42. The quantitative estimate of drug-likeness (QED) is 0.847. The van der Waals surface area contributed by atoms with Crippen LogP contribution in [0.5, 0.6) is 5.75 Å². The van der Waals surface area contributed by atoms with Gasteiger partial charge in [0, 0.05) is 6.04 Å². The number of nitrogens with one attached hydrogen (secondary N) is 1. The summed E-state index contributed by atoms with van der Waals surface area (Å²) in [4.78, 5) is 11.8. The molecule has 4 heteroatoms. The van der Waals surface area contributed by atoms with E-state index in [0.29, 0.717) is 12.5 Å². The molecule has 0 aromatic heterocycles. The minimum absolute atomic E-state index is 0.0640. The molecule has 0 saturated heterocycles. The Bertz CT molecular complexity index is 417. The van der Waals surface area contributed by atoms with Gasteiger partial charge in [-0.1, -0.05) is 24.1 Å². The average molecular weight is 262 g/mol. The summed E-state index contributed by atoms with van der Waals surface area (Å²) in [5, 5.41) is 3.02. The molecule has 1 aliphatic carbocycles. The van der Waals surface area contributed by atoms with Crippen molar-refractivity contribution in [3.05, 3.63) is 29.8 Å². The van der Waals surface area contributed by atoms with E-state index in [9.17, 15) is 4.79 Å². The number of ether oxygens (including phenoxy) is 1. The summed E-state index contributed by atoms with van der Waals surface area (Å²) in [6.45, 7) is 2.73. The highest BCUT2D eigenvalue weighted by Crippen LogP contribution is 2.24. The van der Waals surface area contributed by atoms with Gasteiger partial charge in [0.05, 0.1) is 0 Å². The molecule has 0 aliphatic heterocycles. The minimum Gasteiger partial charge on any atom is -0.484 e. The Hall–Kier alpha value is -1.55. The van der Waals surface area contributed by atoms with Gasteiger partial charge in [-0.25, -0.2) is 0 Å². The molecule has 1 aliphatic rings. The first kappa shape index (κ1) is 13.9. The van der Waals surface area contributed by atoms with Crippen LogP contribution in [0.4, 0.5) is 0 Å². The van der Waals surface area contributed by atoms with E-state index < -0.39 is 0 Å². The molecule has 3 N–H and O–H groups in total. The van der Waals surface area contributed by atoms with Gasteiger partial charge in [-0.2, -0.15) is 0 Å². The third kappa shape index (κ3) is 3.96. The Kier molecular flexibility index (Phi) is 4.80. The first-order valence-corrected chi connectivity index (χ1v) is 6.88. The number of nitrogens with two attached hydrogens (primary N) is 1. The Labute approximate surface area is 114 Å². The third-order valence-corrected chi connectivity index (χ3v) is 3.70. The van der Waals surface area contributed by atoms with Crippen LogP contribution in [0.2, 0.25) is 0 Å². The summed E-state index contributed by atoms with van der Waals surface area (Å²) >= 11 is 0. The maximum absolute atomic E-state index is 11.8. The van der Waals surface area contributed by atoms with E-state index in [-0.39, 0.29) is 18.6 Å². The van der Waals surface area contributed by atoms with Crippen LogP contribution in [-0.4, -0.2) is 25.1 Å².